The van der Waals surface area contributed by atoms with E-state index in [0.717, 1.165) is 5.39 Å². The highest BCUT2D eigenvalue weighted by Crippen LogP contribution is 2.38. The molecule has 2 N–H and O–H groups in total. The zero-order valence-electron chi connectivity index (χ0n) is 10.6. The van der Waals surface area contributed by atoms with Crippen LogP contribution in [0.25, 0.3) is 10.9 Å². The second-order valence-electron chi connectivity index (χ2n) is 4.35. The Kier molecular flexibility index (Phi) is 3.81. The lowest BCUT2D eigenvalue weighted by Gasteiger charge is -2.11. The molecule has 3 aromatic rings. The molecule has 1 heterocycles. The quantitative estimate of drug-likeness (QED) is 0.490. The predicted octanol–water partition coefficient (Wildman–Crippen LogP) is 5.57. The fourth-order valence-electron chi connectivity index (χ4n) is 1.95. The van der Waals surface area contributed by atoms with Crippen LogP contribution in [0, 0.1) is 0 Å². The lowest BCUT2D eigenvalue weighted by Crippen LogP contribution is -1.93. The Morgan fingerprint density at radius 1 is 0.905 bits per heavy atom. The van der Waals surface area contributed by atoms with Crippen molar-refractivity contribution >= 4 is 51.4 Å². The SMILES string of the molecule is Nc1ccc(Oc2cc(Cl)c(Cl)cc2Cl)c2ncccc12. The van der Waals surface area contributed by atoms with Crippen molar-refractivity contribution < 1.29 is 4.74 Å². The van der Waals surface area contributed by atoms with E-state index in [1.807, 2.05) is 12.1 Å². The first-order chi connectivity index (χ1) is 10.1. The van der Waals surface area contributed by atoms with Gasteiger partial charge in [0.15, 0.2) is 5.75 Å². The normalized spacial score (nSPS) is 10.8. The van der Waals surface area contributed by atoms with Gasteiger partial charge < -0.3 is 10.5 Å². The number of nitrogens with two attached hydrogens (primary N) is 1. The van der Waals surface area contributed by atoms with E-state index >= 15 is 0 Å². The van der Waals surface area contributed by atoms with Crippen LogP contribution in [0.15, 0.2) is 42.6 Å². The van der Waals surface area contributed by atoms with Gasteiger partial charge in [0, 0.05) is 23.3 Å². The van der Waals surface area contributed by atoms with Crippen molar-refractivity contribution in [3.8, 4) is 11.5 Å². The molecule has 0 spiro atoms. The summed E-state index contributed by atoms with van der Waals surface area (Å²) < 4.78 is 5.82. The molecule has 2 aromatic carbocycles. The van der Waals surface area contributed by atoms with Gasteiger partial charge in [0.25, 0.3) is 0 Å². The van der Waals surface area contributed by atoms with Gasteiger partial charge in [0.1, 0.15) is 11.3 Å². The van der Waals surface area contributed by atoms with Gasteiger partial charge in [0.05, 0.1) is 15.1 Å². The van der Waals surface area contributed by atoms with Gasteiger partial charge in [-0.1, -0.05) is 34.8 Å². The summed E-state index contributed by atoms with van der Waals surface area (Å²) in [5, 5.41) is 1.91. The van der Waals surface area contributed by atoms with E-state index in [-0.39, 0.29) is 0 Å². The van der Waals surface area contributed by atoms with Crippen molar-refractivity contribution in [2.75, 3.05) is 5.73 Å². The largest absolute Gasteiger partial charge is 0.453 e. The van der Waals surface area contributed by atoms with Crippen molar-refractivity contribution in [3.05, 3.63) is 57.7 Å². The number of aromatic nitrogens is 1. The Hall–Kier alpha value is -1.68. The van der Waals surface area contributed by atoms with E-state index in [4.69, 9.17) is 45.3 Å². The highest BCUT2D eigenvalue weighted by Gasteiger charge is 2.11. The summed E-state index contributed by atoms with van der Waals surface area (Å²) in [6, 6.07) is 10.3. The predicted molar refractivity (Wildman–Crippen MR) is 87.7 cm³/mol. The first kappa shape index (κ1) is 14.3. The van der Waals surface area contributed by atoms with Gasteiger partial charge in [-0.25, -0.2) is 0 Å². The van der Waals surface area contributed by atoms with Crippen molar-refractivity contribution in [3.63, 3.8) is 0 Å². The molecule has 0 aliphatic carbocycles. The van der Waals surface area contributed by atoms with Gasteiger partial charge in [0.2, 0.25) is 0 Å². The minimum Gasteiger partial charge on any atom is -0.453 e. The first-order valence-corrected chi connectivity index (χ1v) is 7.15. The van der Waals surface area contributed by atoms with Gasteiger partial charge >= 0.3 is 0 Å². The Labute approximate surface area is 136 Å². The van der Waals surface area contributed by atoms with Crippen LogP contribution in [0.5, 0.6) is 11.5 Å². The Morgan fingerprint density at radius 3 is 2.48 bits per heavy atom. The van der Waals surface area contributed by atoms with Crippen LogP contribution < -0.4 is 10.5 Å². The van der Waals surface area contributed by atoms with Gasteiger partial charge in [-0.3, -0.25) is 4.98 Å². The number of hydrogen-bond donors (Lipinski definition) is 1. The molecule has 0 aliphatic heterocycles. The monoisotopic (exact) mass is 338 g/mol. The Balaban J connectivity index is 2.11. The highest BCUT2D eigenvalue weighted by molar-refractivity contribution is 6.43. The molecule has 0 saturated carbocycles. The minimum absolute atomic E-state index is 0.365. The van der Waals surface area contributed by atoms with Crippen LogP contribution in [0.3, 0.4) is 0 Å². The maximum Gasteiger partial charge on any atom is 0.153 e. The van der Waals surface area contributed by atoms with Crippen molar-refractivity contribution in [2.45, 2.75) is 0 Å². The maximum atomic E-state index is 6.12. The van der Waals surface area contributed by atoms with Crippen LogP contribution in [0.1, 0.15) is 0 Å². The zero-order chi connectivity index (χ0) is 15.0. The van der Waals surface area contributed by atoms with Gasteiger partial charge in [-0.15, -0.1) is 0 Å². The van der Waals surface area contributed by atoms with E-state index in [2.05, 4.69) is 4.98 Å². The van der Waals surface area contributed by atoms with Crippen LogP contribution >= 0.6 is 34.8 Å². The van der Waals surface area contributed by atoms with E-state index in [9.17, 15) is 0 Å². The van der Waals surface area contributed by atoms with Crippen molar-refractivity contribution in [2.24, 2.45) is 0 Å². The molecule has 1 aromatic heterocycles. The molecule has 6 heteroatoms. The summed E-state index contributed by atoms with van der Waals surface area (Å²) in [4.78, 5) is 4.30. The highest BCUT2D eigenvalue weighted by atomic mass is 35.5. The van der Waals surface area contributed by atoms with Crippen LogP contribution in [0.2, 0.25) is 15.1 Å². The standard InChI is InChI=1S/C15H9Cl3N2O/c16-9-6-11(18)14(7-10(9)17)21-13-4-3-12(19)8-2-1-5-20-15(8)13/h1-7H,19H2. The fraction of sp³-hybridized carbons (Fsp3) is 0. The smallest absolute Gasteiger partial charge is 0.153 e. The second-order valence-corrected chi connectivity index (χ2v) is 5.57. The van der Waals surface area contributed by atoms with E-state index in [1.54, 1.807) is 24.4 Å². The first-order valence-electron chi connectivity index (χ1n) is 6.02. The third-order valence-electron chi connectivity index (χ3n) is 2.96. The lowest BCUT2D eigenvalue weighted by atomic mass is 10.1. The molecule has 0 radical (unpaired) electrons. The van der Waals surface area contributed by atoms with Crippen LogP contribution in [0.4, 0.5) is 5.69 Å². The molecule has 21 heavy (non-hydrogen) atoms. The summed E-state index contributed by atoms with van der Waals surface area (Å²) in [5.74, 6) is 0.947. The summed E-state index contributed by atoms with van der Waals surface area (Å²) >= 11 is 18.0. The third kappa shape index (κ3) is 2.72. The van der Waals surface area contributed by atoms with Crippen LogP contribution in [-0.2, 0) is 0 Å². The third-order valence-corrected chi connectivity index (χ3v) is 3.98. The zero-order valence-corrected chi connectivity index (χ0v) is 12.9. The van der Waals surface area contributed by atoms with Crippen molar-refractivity contribution in [1.82, 2.24) is 4.98 Å². The number of hydrogen-bond acceptors (Lipinski definition) is 3. The second kappa shape index (κ2) is 5.60. The molecule has 3 nitrogen and oxygen atoms in total. The number of halogens is 3. The summed E-state index contributed by atoms with van der Waals surface area (Å²) in [6.07, 6.45) is 1.67. The molecular formula is C15H9Cl3N2O. The average molecular weight is 340 g/mol. The summed E-state index contributed by atoms with van der Waals surface area (Å²) in [6.45, 7) is 0. The Bertz CT molecular complexity index is 837. The molecule has 0 bridgehead atoms. The Morgan fingerprint density at radius 2 is 1.67 bits per heavy atom. The fourth-order valence-corrected chi connectivity index (χ4v) is 2.53. The molecule has 0 aliphatic rings. The molecule has 106 valence electrons. The van der Waals surface area contributed by atoms with Gasteiger partial charge in [-0.05, 0) is 30.3 Å². The number of nitrogens with zero attached hydrogens (tertiary/aromatic N) is 1. The molecule has 0 unspecified atom stereocenters. The molecule has 0 atom stereocenters. The molecular weight excluding hydrogens is 331 g/mol. The van der Waals surface area contributed by atoms with E-state index < -0.39 is 0 Å². The van der Waals surface area contributed by atoms with Gasteiger partial charge in [-0.2, -0.15) is 0 Å². The number of nitrogen functional groups attached to an aromatic ring is 1. The number of rotatable bonds is 2. The van der Waals surface area contributed by atoms with Crippen molar-refractivity contribution in [1.29, 1.82) is 0 Å². The number of benzene rings is 2. The average Bonchev–Trinajstić information content (AvgIpc) is 2.48. The molecule has 0 fully saturated rings. The summed E-state index contributed by atoms with van der Waals surface area (Å²) in [7, 11) is 0. The number of ether oxygens (including phenoxy) is 1. The minimum atomic E-state index is 0.365. The number of anilines is 1. The van der Waals surface area contributed by atoms with E-state index in [1.165, 1.54) is 6.07 Å². The molecule has 3 rings (SSSR count). The number of pyridine rings is 1. The van der Waals surface area contributed by atoms with E-state index in [0.29, 0.717) is 37.8 Å². The molecule has 0 amide bonds. The topological polar surface area (TPSA) is 48.1 Å². The number of fused-ring (bicyclic) bond motifs is 1. The summed E-state index contributed by atoms with van der Waals surface area (Å²) in [5.41, 5.74) is 7.21. The molecule has 0 saturated heterocycles. The maximum absolute atomic E-state index is 6.12. The lowest BCUT2D eigenvalue weighted by molar-refractivity contribution is 0.487. The van der Waals surface area contributed by atoms with Crippen LogP contribution in [-0.4, -0.2) is 4.98 Å².